The van der Waals surface area contributed by atoms with Crippen molar-refractivity contribution in [3.05, 3.63) is 68.8 Å². The molecule has 0 heterocycles. The Labute approximate surface area is 209 Å². The number of carboxylic acid groups (broad SMARTS) is 1. The zero-order chi connectivity index (χ0) is 26.9. The number of aromatic carboxylic acids is 1. The van der Waals surface area contributed by atoms with Crippen LogP contribution in [-0.2, 0) is 12.8 Å². The number of aliphatic hydroxyl groups is 2. The average molecular weight is 506 g/mol. The Bertz CT molecular complexity index is 1550. The van der Waals surface area contributed by atoms with E-state index in [1.165, 1.54) is 38.3 Å². The second kappa shape index (κ2) is 8.32. The molecule has 0 saturated heterocycles. The van der Waals surface area contributed by atoms with E-state index in [4.69, 9.17) is 4.74 Å². The highest BCUT2D eigenvalue weighted by Crippen LogP contribution is 2.56. The molecule has 0 spiro atoms. The number of hydrogen-bond donors (Lipinski definition) is 6. The van der Waals surface area contributed by atoms with E-state index in [2.05, 4.69) is 0 Å². The van der Waals surface area contributed by atoms with Crippen LogP contribution in [0.4, 0.5) is 0 Å². The molecule has 10 nitrogen and oxygen atoms in total. The van der Waals surface area contributed by atoms with Gasteiger partial charge in [0.25, 0.3) is 0 Å². The van der Waals surface area contributed by atoms with Crippen LogP contribution < -0.4 is 4.74 Å². The van der Waals surface area contributed by atoms with E-state index >= 15 is 0 Å². The van der Waals surface area contributed by atoms with Crippen molar-refractivity contribution in [3.63, 3.8) is 0 Å². The summed E-state index contributed by atoms with van der Waals surface area (Å²) in [6.07, 6.45) is -2.56. The van der Waals surface area contributed by atoms with E-state index in [0.717, 1.165) is 0 Å². The Hall–Kier alpha value is -4.41. The van der Waals surface area contributed by atoms with E-state index < -0.39 is 58.1 Å². The van der Waals surface area contributed by atoms with Crippen LogP contribution in [0.2, 0.25) is 0 Å². The van der Waals surface area contributed by atoms with Crippen LogP contribution >= 0.6 is 0 Å². The quantitative estimate of drug-likeness (QED) is 0.240. The van der Waals surface area contributed by atoms with Gasteiger partial charge in [-0.1, -0.05) is 18.2 Å². The molecule has 2 aliphatic carbocycles. The van der Waals surface area contributed by atoms with Crippen molar-refractivity contribution in [1.82, 2.24) is 0 Å². The molecule has 6 N–H and O–H groups in total. The molecule has 0 aliphatic heterocycles. The molecule has 0 bridgehead atoms. The Morgan fingerprint density at radius 3 is 2.35 bits per heavy atom. The smallest absolute Gasteiger partial charge is 0.339 e. The minimum Gasteiger partial charge on any atom is -0.507 e. The fourth-order valence-electron chi connectivity index (χ4n) is 5.43. The number of aliphatic hydroxyl groups excluding tert-OH is 2. The number of carbonyl (C=O) groups is 3. The fraction of sp³-hybridized carbons (Fsp3) is 0.222. The van der Waals surface area contributed by atoms with Gasteiger partial charge in [-0.15, -0.1) is 0 Å². The molecule has 190 valence electrons. The summed E-state index contributed by atoms with van der Waals surface area (Å²) in [7, 11) is 1.20. The molecule has 37 heavy (non-hydrogen) atoms. The maximum Gasteiger partial charge on any atom is 0.339 e. The van der Waals surface area contributed by atoms with Crippen molar-refractivity contribution in [2.24, 2.45) is 0 Å². The molecule has 2 atom stereocenters. The van der Waals surface area contributed by atoms with Crippen molar-refractivity contribution < 1.29 is 49.8 Å². The Morgan fingerprint density at radius 1 is 1.03 bits per heavy atom. The highest BCUT2D eigenvalue weighted by atomic mass is 16.5. The lowest BCUT2D eigenvalue weighted by Crippen LogP contribution is -2.25. The third kappa shape index (κ3) is 3.30. The SMILES string of the molecule is COc1c2c(c(O)c3c1[C@H](O)Cc1cc(C[C@@H](C)O)c(C(=O)O)c(O)c1-3)C(=O)c1cccc(O)c1C2=O. The third-order valence-electron chi connectivity index (χ3n) is 6.83. The number of carboxylic acids is 1. The Morgan fingerprint density at radius 2 is 1.73 bits per heavy atom. The van der Waals surface area contributed by atoms with E-state index in [1.807, 2.05) is 0 Å². The first-order chi connectivity index (χ1) is 17.5. The second-order valence-corrected chi connectivity index (χ2v) is 9.15. The van der Waals surface area contributed by atoms with Crippen molar-refractivity contribution in [1.29, 1.82) is 0 Å². The summed E-state index contributed by atoms with van der Waals surface area (Å²) in [4.78, 5) is 39.0. The number of fused-ring (bicyclic) bond motifs is 5. The lowest BCUT2D eigenvalue weighted by atomic mass is 9.74. The maximum absolute atomic E-state index is 13.5. The Kier molecular flexibility index (Phi) is 5.47. The number of aromatic hydroxyl groups is 3. The van der Waals surface area contributed by atoms with Crippen LogP contribution in [0, 0.1) is 0 Å². The molecule has 2 aliphatic rings. The highest BCUT2D eigenvalue weighted by Gasteiger charge is 2.43. The zero-order valence-electron chi connectivity index (χ0n) is 19.7. The number of ether oxygens (including phenoxy) is 1. The maximum atomic E-state index is 13.5. The molecule has 0 saturated carbocycles. The van der Waals surface area contributed by atoms with E-state index in [-0.39, 0.29) is 63.1 Å². The number of ketones is 2. The average Bonchev–Trinajstić information content (AvgIpc) is 2.81. The first-order valence-corrected chi connectivity index (χ1v) is 11.3. The van der Waals surface area contributed by atoms with Crippen LogP contribution in [0.3, 0.4) is 0 Å². The van der Waals surface area contributed by atoms with Crippen molar-refractivity contribution in [3.8, 4) is 34.1 Å². The van der Waals surface area contributed by atoms with Crippen LogP contribution in [0.5, 0.6) is 23.0 Å². The fourth-order valence-corrected chi connectivity index (χ4v) is 5.43. The summed E-state index contributed by atoms with van der Waals surface area (Å²) in [6.45, 7) is 1.45. The largest absolute Gasteiger partial charge is 0.507 e. The number of phenols is 3. The van der Waals surface area contributed by atoms with E-state index in [9.17, 15) is 45.0 Å². The molecule has 0 fully saturated rings. The van der Waals surface area contributed by atoms with Crippen LogP contribution in [0.15, 0.2) is 24.3 Å². The van der Waals surface area contributed by atoms with Gasteiger partial charge < -0.3 is 35.4 Å². The summed E-state index contributed by atoms with van der Waals surface area (Å²) in [6, 6.07) is 5.34. The van der Waals surface area contributed by atoms with Crippen LogP contribution in [0.1, 0.15) is 71.9 Å². The van der Waals surface area contributed by atoms with Gasteiger partial charge in [-0.25, -0.2) is 4.79 Å². The van der Waals surface area contributed by atoms with Crippen LogP contribution in [0.25, 0.3) is 11.1 Å². The summed E-state index contributed by atoms with van der Waals surface area (Å²) < 4.78 is 5.46. The number of carbonyl (C=O) groups excluding carboxylic acids is 2. The predicted octanol–water partition coefficient (Wildman–Crippen LogP) is 2.47. The molecular weight excluding hydrogens is 484 g/mol. The van der Waals surface area contributed by atoms with Gasteiger partial charge in [0.15, 0.2) is 5.78 Å². The minimum absolute atomic E-state index is 0.0990. The first-order valence-electron chi connectivity index (χ1n) is 11.3. The summed E-state index contributed by atoms with van der Waals surface area (Å²) in [5.41, 5.74) is -1.84. The molecule has 0 amide bonds. The standard InChI is InChI=1S/C27H22O10/c1-9(28)6-10-7-11-8-14(30)18-19(15(11)23(32)16(10)27(35)36)25(34)20-21(26(18)37-2)24(33)17-12(22(20)31)4-3-5-13(17)29/h3-5,7,9,14,28-30,32,34H,6,8H2,1-2H3,(H,35,36)/t9-,14-/m1/s1. The van der Waals surface area contributed by atoms with Gasteiger partial charge in [-0.2, -0.15) is 0 Å². The first kappa shape index (κ1) is 24.3. The van der Waals surface area contributed by atoms with Crippen molar-refractivity contribution in [2.75, 3.05) is 7.11 Å². The normalized spacial score (nSPS) is 16.4. The minimum atomic E-state index is -1.48. The molecule has 0 aromatic heterocycles. The lowest BCUT2D eigenvalue weighted by Gasteiger charge is -2.32. The molecule has 10 heteroatoms. The van der Waals surface area contributed by atoms with Gasteiger partial charge in [-0.3, -0.25) is 9.59 Å². The number of benzene rings is 3. The van der Waals surface area contributed by atoms with Gasteiger partial charge >= 0.3 is 5.97 Å². The lowest BCUT2D eigenvalue weighted by molar-refractivity contribution is 0.0691. The molecule has 5 rings (SSSR count). The Balaban J connectivity index is 1.91. The zero-order valence-corrected chi connectivity index (χ0v) is 19.7. The van der Waals surface area contributed by atoms with E-state index in [1.54, 1.807) is 0 Å². The molecule has 0 unspecified atom stereocenters. The summed E-state index contributed by atoms with van der Waals surface area (Å²) >= 11 is 0. The number of methoxy groups -OCH3 is 1. The molecule has 3 aromatic rings. The molecule has 3 aromatic carbocycles. The monoisotopic (exact) mass is 506 g/mol. The highest BCUT2D eigenvalue weighted by molar-refractivity contribution is 6.32. The van der Waals surface area contributed by atoms with Gasteiger partial charge in [0, 0.05) is 28.7 Å². The van der Waals surface area contributed by atoms with Gasteiger partial charge in [0.05, 0.1) is 36.0 Å². The topological polar surface area (TPSA) is 182 Å². The summed E-state index contributed by atoms with van der Waals surface area (Å²) in [5, 5.41) is 63.7. The van der Waals surface area contributed by atoms with Gasteiger partial charge in [0.1, 0.15) is 28.6 Å². The second-order valence-electron chi connectivity index (χ2n) is 9.15. The van der Waals surface area contributed by atoms with Gasteiger partial charge in [0.2, 0.25) is 5.78 Å². The number of phenolic OH excluding ortho intramolecular Hbond substituents is 2. The van der Waals surface area contributed by atoms with Crippen molar-refractivity contribution >= 4 is 17.5 Å². The van der Waals surface area contributed by atoms with Crippen molar-refractivity contribution in [2.45, 2.75) is 32.0 Å². The summed E-state index contributed by atoms with van der Waals surface area (Å²) in [5.74, 6) is -5.24. The van der Waals surface area contributed by atoms with Gasteiger partial charge in [-0.05, 0) is 30.5 Å². The number of rotatable bonds is 4. The molecule has 0 radical (unpaired) electrons. The third-order valence-corrected chi connectivity index (χ3v) is 6.83. The van der Waals surface area contributed by atoms with Crippen LogP contribution in [-0.4, -0.2) is 61.4 Å². The van der Waals surface area contributed by atoms with E-state index in [0.29, 0.717) is 0 Å². The predicted molar refractivity (Wildman–Crippen MR) is 128 cm³/mol. The molecular formula is C27H22O10. The number of hydrogen-bond acceptors (Lipinski definition) is 9.